The van der Waals surface area contributed by atoms with Gasteiger partial charge in [-0.1, -0.05) is 6.07 Å². The molecule has 92 valence electrons. The van der Waals surface area contributed by atoms with Crippen LogP contribution in [-0.4, -0.2) is 12.6 Å². The summed E-state index contributed by atoms with van der Waals surface area (Å²) in [5.74, 6) is 0.327. The molecule has 2 N–H and O–H groups in total. The second-order valence-corrected chi connectivity index (χ2v) is 4.65. The van der Waals surface area contributed by atoms with Gasteiger partial charge in [0, 0.05) is 12.1 Å². The molecule has 1 aromatic rings. The molecule has 0 aromatic heterocycles. The molecule has 3 nitrogen and oxygen atoms in total. The van der Waals surface area contributed by atoms with Gasteiger partial charge in [-0.05, 0) is 55.4 Å². The largest absolute Gasteiger partial charge is 0.466 e. The Hall–Kier alpha value is -1.51. The molecule has 0 bridgehead atoms. The fraction of sp³-hybridized carbons (Fsp3) is 0.500. The third-order valence-corrected chi connectivity index (χ3v) is 3.32. The first-order chi connectivity index (χ1) is 8.19. The molecular weight excluding hydrogens is 214 g/mol. The predicted molar refractivity (Wildman–Crippen MR) is 67.6 cm³/mol. The minimum absolute atomic E-state index is 0.0788. The van der Waals surface area contributed by atoms with Crippen LogP contribution in [0.3, 0.4) is 0 Å². The second kappa shape index (κ2) is 5.21. The highest BCUT2D eigenvalue weighted by molar-refractivity contribution is 5.69. The number of benzene rings is 1. The van der Waals surface area contributed by atoms with E-state index in [2.05, 4.69) is 6.07 Å². The Morgan fingerprint density at radius 2 is 2.29 bits per heavy atom. The number of carbonyl (C=O) groups excluding carboxylic acids is 1. The van der Waals surface area contributed by atoms with Crippen molar-refractivity contribution in [2.75, 3.05) is 12.3 Å². The molecule has 0 heterocycles. The number of anilines is 1. The molecular formula is C14H19NO2. The van der Waals surface area contributed by atoms with E-state index in [1.54, 1.807) is 0 Å². The summed E-state index contributed by atoms with van der Waals surface area (Å²) >= 11 is 0. The van der Waals surface area contributed by atoms with Crippen LogP contribution in [0.1, 0.15) is 30.9 Å². The normalized spacial score (nSPS) is 18.5. The van der Waals surface area contributed by atoms with Gasteiger partial charge in [-0.25, -0.2) is 0 Å². The lowest BCUT2D eigenvalue weighted by Crippen LogP contribution is -2.19. The Morgan fingerprint density at radius 3 is 3.06 bits per heavy atom. The average Bonchev–Trinajstić information content (AvgIpc) is 2.28. The number of nitrogens with two attached hydrogens (primary N) is 1. The van der Waals surface area contributed by atoms with Gasteiger partial charge in [-0.15, -0.1) is 0 Å². The Labute approximate surface area is 102 Å². The van der Waals surface area contributed by atoms with Crippen LogP contribution in [-0.2, 0) is 22.4 Å². The van der Waals surface area contributed by atoms with Crippen molar-refractivity contribution in [3.05, 3.63) is 29.3 Å². The van der Waals surface area contributed by atoms with Gasteiger partial charge in [0.15, 0.2) is 0 Å². The van der Waals surface area contributed by atoms with E-state index in [4.69, 9.17) is 10.5 Å². The summed E-state index contributed by atoms with van der Waals surface area (Å²) in [4.78, 5) is 11.4. The molecule has 1 aliphatic rings. The quantitative estimate of drug-likeness (QED) is 0.644. The van der Waals surface area contributed by atoms with E-state index in [0.717, 1.165) is 24.9 Å². The molecule has 1 aliphatic carbocycles. The van der Waals surface area contributed by atoms with Crippen molar-refractivity contribution in [1.82, 2.24) is 0 Å². The van der Waals surface area contributed by atoms with Gasteiger partial charge < -0.3 is 10.5 Å². The molecule has 0 spiro atoms. The van der Waals surface area contributed by atoms with Crippen molar-refractivity contribution in [2.45, 2.75) is 32.6 Å². The van der Waals surface area contributed by atoms with E-state index >= 15 is 0 Å². The maximum absolute atomic E-state index is 11.4. The monoisotopic (exact) mass is 233 g/mol. The zero-order valence-corrected chi connectivity index (χ0v) is 10.2. The summed E-state index contributed by atoms with van der Waals surface area (Å²) in [6, 6.07) is 6.09. The lowest BCUT2D eigenvalue weighted by Gasteiger charge is -2.24. The number of nitrogen functional groups attached to an aromatic ring is 1. The number of hydrogen-bond acceptors (Lipinski definition) is 3. The van der Waals surface area contributed by atoms with Crippen molar-refractivity contribution in [1.29, 1.82) is 0 Å². The predicted octanol–water partition coefficient (Wildman–Crippen LogP) is 2.33. The van der Waals surface area contributed by atoms with Gasteiger partial charge >= 0.3 is 5.97 Å². The van der Waals surface area contributed by atoms with Crippen molar-refractivity contribution in [3.63, 3.8) is 0 Å². The standard InChI is InChI=1S/C14H19NO2/c1-2-17-14(16)8-10-3-4-11-5-6-13(15)9-12(11)7-10/h5-6,9-10H,2-4,7-8,15H2,1H3/t10-/m1/s1. The third-order valence-electron chi connectivity index (χ3n) is 3.32. The first kappa shape index (κ1) is 12.0. The molecule has 1 aromatic carbocycles. The Morgan fingerprint density at radius 1 is 1.47 bits per heavy atom. The number of rotatable bonds is 3. The fourth-order valence-corrected chi connectivity index (χ4v) is 2.48. The van der Waals surface area contributed by atoms with Crippen LogP contribution in [0.15, 0.2) is 18.2 Å². The first-order valence-electron chi connectivity index (χ1n) is 6.22. The Bertz CT molecular complexity index is 415. The van der Waals surface area contributed by atoms with Gasteiger partial charge in [0.25, 0.3) is 0 Å². The number of carbonyl (C=O) groups is 1. The van der Waals surface area contributed by atoms with Gasteiger partial charge in [0.05, 0.1) is 6.61 Å². The van der Waals surface area contributed by atoms with Crippen LogP contribution >= 0.6 is 0 Å². The molecule has 0 unspecified atom stereocenters. The van der Waals surface area contributed by atoms with E-state index in [9.17, 15) is 4.79 Å². The minimum atomic E-state index is -0.0788. The SMILES string of the molecule is CCOC(=O)C[C@@H]1CCc2ccc(N)cc2C1. The molecule has 17 heavy (non-hydrogen) atoms. The van der Waals surface area contributed by atoms with E-state index in [-0.39, 0.29) is 5.97 Å². The molecule has 0 radical (unpaired) electrons. The summed E-state index contributed by atoms with van der Waals surface area (Å²) < 4.78 is 4.99. The number of hydrogen-bond donors (Lipinski definition) is 1. The van der Waals surface area contributed by atoms with Crippen LogP contribution in [0.4, 0.5) is 5.69 Å². The number of aryl methyl sites for hydroxylation is 1. The summed E-state index contributed by atoms with van der Waals surface area (Å²) in [6.07, 6.45) is 3.58. The van der Waals surface area contributed by atoms with Gasteiger partial charge in [0.2, 0.25) is 0 Å². The van der Waals surface area contributed by atoms with Gasteiger partial charge in [0.1, 0.15) is 0 Å². The van der Waals surface area contributed by atoms with Crippen LogP contribution in [0.5, 0.6) is 0 Å². The molecule has 0 amide bonds. The van der Waals surface area contributed by atoms with E-state index < -0.39 is 0 Å². The fourth-order valence-electron chi connectivity index (χ4n) is 2.48. The highest BCUT2D eigenvalue weighted by Gasteiger charge is 2.21. The second-order valence-electron chi connectivity index (χ2n) is 4.65. The maximum Gasteiger partial charge on any atom is 0.306 e. The average molecular weight is 233 g/mol. The van der Waals surface area contributed by atoms with E-state index in [1.807, 2.05) is 19.1 Å². The Balaban J connectivity index is 2.00. The smallest absolute Gasteiger partial charge is 0.306 e. The highest BCUT2D eigenvalue weighted by Crippen LogP contribution is 2.29. The zero-order valence-electron chi connectivity index (χ0n) is 10.2. The number of ether oxygens (including phenoxy) is 1. The van der Waals surface area contributed by atoms with Crippen LogP contribution in [0, 0.1) is 5.92 Å². The van der Waals surface area contributed by atoms with Crippen molar-refractivity contribution in [2.24, 2.45) is 5.92 Å². The highest BCUT2D eigenvalue weighted by atomic mass is 16.5. The first-order valence-corrected chi connectivity index (χ1v) is 6.22. The topological polar surface area (TPSA) is 52.3 Å². The van der Waals surface area contributed by atoms with Crippen LogP contribution < -0.4 is 5.73 Å². The summed E-state index contributed by atoms with van der Waals surface area (Å²) in [7, 11) is 0. The van der Waals surface area contributed by atoms with Crippen molar-refractivity contribution in [3.8, 4) is 0 Å². The lowest BCUT2D eigenvalue weighted by atomic mass is 9.82. The molecule has 1 atom stereocenters. The summed E-state index contributed by atoms with van der Waals surface area (Å²) in [5.41, 5.74) is 9.26. The van der Waals surface area contributed by atoms with Gasteiger partial charge in [-0.2, -0.15) is 0 Å². The number of esters is 1. The number of fused-ring (bicyclic) bond motifs is 1. The van der Waals surface area contributed by atoms with Crippen LogP contribution in [0.2, 0.25) is 0 Å². The summed E-state index contributed by atoms with van der Waals surface area (Å²) in [5, 5.41) is 0. The Kier molecular flexibility index (Phi) is 3.67. The van der Waals surface area contributed by atoms with Gasteiger partial charge in [-0.3, -0.25) is 4.79 Å². The van der Waals surface area contributed by atoms with E-state index in [0.29, 0.717) is 18.9 Å². The van der Waals surface area contributed by atoms with Crippen molar-refractivity contribution >= 4 is 11.7 Å². The molecule has 2 rings (SSSR count). The van der Waals surface area contributed by atoms with Crippen LogP contribution in [0.25, 0.3) is 0 Å². The molecule has 0 aliphatic heterocycles. The maximum atomic E-state index is 11.4. The molecule has 3 heteroatoms. The zero-order chi connectivity index (χ0) is 12.3. The van der Waals surface area contributed by atoms with Crippen molar-refractivity contribution < 1.29 is 9.53 Å². The third kappa shape index (κ3) is 2.99. The molecule has 0 fully saturated rings. The summed E-state index contributed by atoms with van der Waals surface area (Å²) in [6.45, 7) is 2.31. The molecule has 0 saturated heterocycles. The van der Waals surface area contributed by atoms with E-state index in [1.165, 1.54) is 11.1 Å². The lowest BCUT2D eigenvalue weighted by molar-refractivity contribution is -0.144. The molecule has 0 saturated carbocycles. The minimum Gasteiger partial charge on any atom is -0.466 e.